The SMILES string of the molecule is Cc1cccc(N2CCN(CCNc3ncnc4c3nc(-c3cccs3)n4-c3ccccc3)CC2)c1C. The third-order valence-corrected chi connectivity index (χ3v) is 8.08. The van der Waals surface area contributed by atoms with E-state index in [1.54, 1.807) is 17.7 Å². The molecule has 6 rings (SSSR count). The number of fused-ring (bicyclic) bond motifs is 1. The van der Waals surface area contributed by atoms with Crippen LogP contribution >= 0.6 is 11.3 Å². The first-order chi connectivity index (χ1) is 18.2. The lowest BCUT2D eigenvalue weighted by molar-refractivity contribution is 0.267. The van der Waals surface area contributed by atoms with Gasteiger partial charge in [0.1, 0.15) is 6.33 Å². The summed E-state index contributed by atoms with van der Waals surface area (Å²) in [6.07, 6.45) is 1.63. The number of rotatable bonds is 7. The summed E-state index contributed by atoms with van der Waals surface area (Å²) in [6, 6.07) is 21.0. The van der Waals surface area contributed by atoms with Crippen molar-refractivity contribution in [2.45, 2.75) is 13.8 Å². The van der Waals surface area contributed by atoms with Crippen molar-refractivity contribution in [2.75, 3.05) is 49.5 Å². The van der Waals surface area contributed by atoms with Gasteiger partial charge in [0.05, 0.1) is 4.88 Å². The van der Waals surface area contributed by atoms with Crippen molar-refractivity contribution >= 4 is 34.0 Å². The summed E-state index contributed by atoms with van der Waals surface area (Å²) in [6.45, 7) is 10.4. The Kier molecular flexibility index (Phi) is 6.59. The normalized spacial score (nSPS) is 14.4. The van der Waals surface area contributed by atoms with E-state index in [9.17, 15) is 0 Å². The lowest BCUT2D eigenvalue weighted by atomic mass is 10.1. The minimum Gasteiger partial charge on any atom is -0.369 e. The number of hydrogen-bond acceptors (Lipinski definition) is 7. The summed E-state index contributed by atoms with van der Waals surface area (Å²) >= 11 is 1.68. The standard InChI is InChI=1S/C29H31N7S/c1-21-8-6-11-24(22(21)2)35-17-15-34(16-18-35)14-13-30-27-26-29(32-20-31-27)36(23-9-4-3-5-10-23)28(33-26)25-12-7-19-37-25/h3-12,19-20H,13-18H2,1-2H3,(H,30,31,32). The molecule has 0 aliphatic carbocycles. The predicted octanol–water partition coefficient (Wildman–Crippen LogP) is 5.39. The third-order valence-electron chi connectivity index (χ3n) is 7.21. The molecular formula is C29H31N7S. The summed E-state index contributed by atoms with van der Waals surface area (Å²) in [5.74, 6) is 1.67. The van der Waals surface area contributed by atoms with Gasteiger partial charge in [-0.15, -0.1) is 11.3 Å². The number of piperazine rings is 1. The third kappa shape index (κ3) is 4.70. The second-order valence-corrected chi connectivity index (χ2v) is 10.4. The van der Waals surface area contributed by atoms with Crippen LogP contribution in [0.5, 0.6) is 0 Å². The molecule has 0 spiro atoms. The first-order valence-corrected chi connectivity index (χ1v) is 13.7. The summed E-state index contributed by atoms with van der Waals surface area (Å²) in [4.78, 5) is 20.4. The zero-order valence-corrected chi connectivity index (χ0v) is 22.1. The molecule has 0 unspecified atom stereocenters. The molecule has 0 saturated carbocycles. The van der Waals surface area contributed by atoms with Gasteiger partial charge in [-0.05, 0) is 54.6 Å². The molecule has 1 N–H and O–H groups in total. The van der Waals surface area contributed by atoms with Gasteiger partial charge in [-0.1, -0.05) is 36.4 Å². The maximum atomic E-state index is 5.02. The van der Waals surface area contributed by atoms with Crippen molar-refractivity contribution in [3.8, 4) is 16.4 Å². The molecule has 4 heterocycles. The van der Waals surface area contributed by atoms with E-state index in [-0.39, 0.29) is 0 Å². The van der Waals surface area contributed by atoms with Crippen molar-refractivity contribution in [1.82, 2.24) is 24.4 Å². The predicted molar refractivity (Wildman–Crippen MR) is 153 cm³/mol. The highest BCUT2D eigenvalue weighted by atomic mass is 32.1. The Balaban J connectivity index is 1.17. The van der Waals surface area contributed by atoms with Gasteiger partial charge in [0.25, 0.3) is 0 Å². The van der Waals surface area contributed by atoms with Crippen molar-refractivity contribution in [1.29, 1.82) is 0 Å². The molecular weight excluding hydrogens is 478 g/mol. The topological polar surface area (TPSA) is 62.1 Å². The fraction of sp³-hybridized carbons (Fsp3) is 0.276. The Labute approximate surface area is 221 Å². The molecule has 0 amide bonds. The van der Waals surface area contributed by atoms with E-state index in [0.717, 1.165) is 72.6 Å². The fourth-order valence-corrected chi connectivity index (χ4v) is 5.74. The smallest absolute Gasteiger partial charge is 0.170 e. The summed E-state index contributed by atoms with van der Waals surface area (Å²) < 4.78 is 2.13. The van der Waals surface area contributed by atoms with Gasteiger partial charge in [0.15, 0.2) is 22.8 Å². The van der Waals surface area contributed by atoms with Crippen LogP contribution in [-0.2, 0) is 0 Å². The van der Waals surface area contributed by atoms with E-state index in [4.69, 9.17) is 4.98 Å². The Morgan fingerprint density at radius 2 is 1.73 bits per heavy atom. The van der Waals surface area contributed by atoms with Crippen LogP contribution in [0.4, 0.5) is 11.5 Å². The quantitative estimate of drug-likeness (QED) is 0.317. The number of imidazole rings is 1. The average molecular weight is 510 g/mol. The summed E-state index contributed by atoms with van der Waals surface area (Å²) in [5.41, 5.74) is 6.78. The van der Waals surface area contributed by atoms with Crippen molar-refractivity contribution < 1.29 is 0 Å². The van der Waals surface area contributed by atoms with Gasteiger partial charge in [-0.2, -0.15) is 0 Å². The van der Waals surface area contributed by atoms with Gasteiger partial charge >= 0.3 is 0 Å². The number of aromatic nitrogens is 4. The zero-order chi connectivity index (χ0) is 25.2. The van der Waals surface area contributed by atoms with E-state index >= 15 is 0 Å². The first kappa shape index (κ1) is 23.6. The van der Waals surface area contributed by atoms with E-state index in [1.807, 2.05) is 18.2 Å². The van der Waals surface area contributed by atoms with Crippen molar-refractivity contribution in [3.63, 3.8) is 0 Å². The van der Waals surface area contributed by atoms with Crippen LogP contribution in [-0.4, -0.2) is 63.7 Å². The number of aryl methyl sites for hydroxylation is 1. The Hall–Kier alpha value is -3.75. The zero-order valence-electron chi connectivity index (χ0n) is 21.3. The van der Waals surface area contributed by atoms with Crippen LogP contribution < -0.4 is 10.2 Å². The van der Waals surface area contributed by atoms with Gasteiger partial charge in [0.2, 0.25) is 0 Å². The maximum absolute atomic E-state index is 5.02. The summed E-state index contributed by atoms with van der Waals surface area (Å²) in [7, 11) is 0. The van der Waals surface area contributed by atoms with Gasteiger partial charge in [-0.3, -0.25) is 9.47 Å². The largest absolute Gasteiger partial charge is 0.369 e. The van der Waals surface area contributed by atoms with Crippen LogP contribution in [0.25, 0.3) is 27.6 Å². The lowest BCUT2D eigenvalue weighted by Gasteiger charge is -2.37. The molecule has 1 saturated heterocycles. The van der Waals surface area contributed by atoms with E-state index in [2.05, 4.69) is 91.3 Å². The highest BCUT2D eigenvalue weighted by molar-refractivity contribution is 7.13. The summed E-state index contributed by atoms with van der Waals surface area (Å²) in [5, 5.41) is 5.63. The minimum absolute atomic E-state index is 0.784. The highest BCUT2D eigenvalue weighted by Gasteiger charge is 2.21. The number of benzene rings is 2. The number of para-hydroxylation sites is 1. The molecule has 37 heavy (non-hydrogen) atoms. The Bertz CT molecular complexity index is 1490. The van der Waals surface area contributed by atoms with Crippen LogP contribution in [0.15, 0.2) is 72.4 Å². The molecule has 3 aromatic heterocycles. The molecule has 188 valence electrons. The maximum Gasteiger partial charge on any atom is 0.170 e. The van der Waals surface area contributed by atoms with Crippen LogP contribution in [0.2, 0.25) is 0 Å². The first-order valence-electron chi connectivity index (χ1n) is 12.8. The van der Waals surface area contributed by atoms with Gasteiger partial charge in [0, 0.05) is 50.6 Å². The van der Waals surface area contributed by atoms with Crippen LogP contribution in [0, 0.1) is 13.8 Å². The molecule has 8 heteroatoms. The van der Waals surface area contributed by atoms with E-state index in [0.29, 0.717) is 0 Å². The molecule has 1 aliphatic heterocycles. The molecule has 0 bridgehead atoms. The molecule has 1 fully saturated rings. The van der Waals surface area contributed by atoms with E-state index in [1.165, 1.54) is 16.8 Å². The second kappa shape index (κ2) is 10.3. The minimum atomic E-state index is 0.784. The highest BCUT2D eigenvalue weighted by Crippen LogP contribution is 2.32. The number of anilines is 2. The van der Waals surface area contributed by atoms with Crippen molar-refractivity contribution in [3.05, 3.63) is 83.5 Å². The number of nitrogens with zero attached hydrogens (tertiary/aromatic N) is 6. The fourth-order valence-electron chi connectivity index (χ4n) is 5.04. The molecule has 7 nitrogen and oxygen atoms in total. The lowest BCUT2D eigenvalue weighted by Crippen LogP contribution is -2.47. The number of hydrogen-bond donors (Lipinski definition) is 1. The Morgan fingerprint density at radius 3 is 2.51 bits per heavy atom. The van der Waals surface area contributed by atoms with Gasteiger partial charge in [-0.25, -0.2) is 15.0 Å². The molecule has 0 radical (unpaired) electrons. The molecule has 0 atom stereocenters. The average Bonchev–Trinajstić information content (AvgIpc) is 3.60. The van der Waals surface area contributed by atoms with Gasteiger partial charge < -0.3 is 10.2 Å². The second-order valence-electron chi connectivity index (χ2n) is 9.45. The monoisotopic (exact) mass is 509 g/mol. The van der Waals surface area contributed by atoms with Crippen LogP contribution in [0.3, 0.4) is 0 Å². The van der Waals surface area contributed by atoms with Crippen LogP contribution in [0.1, 0.15) is 11.1 Å². The van der Waals surface area contributed by atoms with Crippen molar-refractivity contribution in [2.24, 2.45) is 0 Å². The molecule has 2 aromatic carbocycles. The Morgan fingerprint density at radius 1 is 0.892 bits per heavy atom. The number of nitrogens with one attached hydrogen (secondary N) is 1. The van der Waals surface area contributed by atoms with E-state index < -0.39 is 0 Å². The number of thiophene rings is 1. The molecule has 1 aliphatic rings. The molecule has 5 aromatic rings.